The second kappa shape index (κ2) is 14.4. The van der Waals surface area contributed by atoms with Gasteiger partial charge in [-0.2, -0.15) is 0 Å². The molecule has 2 atom stereocenters. The number of likely N-dealkylation sites (tertiary alicyclic amines) is 2. The van der Waals surface area contributed by atoms with Crippen LogP contribution in [0, 0.1) is 0 Å². The average Bonchev–Trinajstić information content (AvgIpc) is 3.99. The van der Waals surface area contributed by atoms with Gasteiger partial charge in [0.25, 0.3) is 0 Å². The summed E-state index contributed by atoms with van der Waals surface area (Å²) >= 11 is 6.70. The maximum atomic E-state index is 13.2. The van der Waals surface area contributed by atoms with Crippen molar-refractivity contribution in [1.29, 1.82) is 0 Å². The fraction of sp³-hybridized carbons (Fsp3) is 0.238. The molecule has 9 heteroatoms. The van der Waals surface area contributed by atoms with Gasteiger partial charge in [0.1, 0.15) is 22.5 Å². The number of aromatic nitrogens is 4. The van der Waals surface area contributed by atoms with E-state index in [0.29, 0.717) is 30.2 Å². The first-order valence-electron chi connectivity index (χ1n) is 17.7. The molecule has 2 amide bonds. The van der Waals surface area contributed by atoms with E-state index >= 15 is 0 Å². The predicted molar refractivity (Wildman–Crippen MR) is 200 cm³/mol. The van der Waals surface area contributed by atoms with Crippen molar-refractivity contribution in [2.24, 2.45) is 0 Å². The summed E-state index contributed by atoms with van der Waals surface area (Å²) in [5, 5.41) is 0.477. The van der Waals surface area contributed by atoms with E-state index in [4.69, 9.17) is 21.6 Å². The van der Waals surface area contributed by atoms with Crippen molar-refractivity contribution in [1.82, 2.24) is 29.7 Å². The highest BCUT2D eigenvalue weighted by atomic mass is 35.5. The summed E-state index contributed by atoms with van der Waals surface area (Å²) in [4.78, 5) is 46.7. The van der Waals surface area contributed by atoms with E-state index in [0.717, 1.165) is 83.0 Å². The maximum absolute atomic E-state index is 13.2. The number of nitrogens with zero attached hydrogens (tertiary/aromatic N) is 4. The Bertz CT molecular complexity index is 2130. The van der Waals surface area contributed by atoms with Gasteiger partial charge in [-0.15, -0.1) is 0 Å². The third-order valence-corrected chi connectivity index (χ3v) is 10.4. The van der Waals surface area contributed by atoms with E-state index in [1.165, 1.54) is 0 Å². The first-order valence-corrected chi connectivity index (χ1v) is 18.1. The summed E-state index contributed by atoms with van der Waals surface area (Å²) in [6.45, 7) is 1.47. The van der Waals surface area contributed by atoms with Crippen LogP contribution in [-0.4, -0.2) is 54.6 Å². The van der Waals surface area contributed by atoms with Crippen molar-refractivity contribution in [2.75, 3.05) is 13.1 Å². The molecule has 2 aromatic heterocycles. The minimum Gasteiger partial charge on any atom is -0.340 e. The molecule has 51 heavy (non-hydrogen) atoms. The number of nitrogens with one attached hydrogen (secondary N) is 2. The Morgan fingerprint density at radius 1 is 0.627 bits per heavy atom. The summed E-state index contributed by atoms with van der Waals surface area (Å²) in [5.74, 6) is 1.81. The molecule has 2 aliphatic rings. The van der Waals surface area contributed by atoms with Crippen LogP contribution in [0.3, 0.4) is 0 Å². The number of imidazole rings is 2. The molecule has 8 rings (SSSR count). The molecule has 0 spiro atoms. The fourth-order valence-corrected chi connectivity index (χ4v) is 7.72. The molecule has 2 saturated heterocycles. The van der Waals surface area contributed by atoms with Crippen molar-refractivity contribution in [2.45, 2.75) is 50.6 Å². The first-order chi connectivity index (χ1) is 25.0. The quantitative estimate of drug-likeness (QED) is 0.158. The van der Waals surface area contributed by atoms with Gasteiger partial charge in [0, 0.05) is 18.7 Å². The summed E-state index contributed by atoms with van der Waals surface area (Å²) in [6, 6.07) is 36.3. The number of aromatic amines is 2. The Morgan fingerprint density at radius 3 is 1.67 bits per heavy atom. The molecule has 6 aromatic rings. The Morgan fingerprint density at radius 2 is 1.12 bits per heavy atom. The lowest BCUT2D eigenvalue weighted by atomic mass is 10.0. The number of hydrogen-bond acceptors (Lipinski definition) is 4. The van der Waals surface area contributed by atoms with Crippen LogP contribution >= 0.6 is 11.6 Å². The van der Waals surface area contributed by atoms with E-state index < -0.39 is 0 Å². The number of carbonyl (C=O) groups is 2. The summed E-state index contributed by atoms with van der Waals surface area (Å²) in [5.41, 5.74) is 7.78. The highest BCUT2D eigenvalue weighted by Gasteiger charge is 2.33. The topological polar surface area (TPSA) is 98.0 Å². The molecule has 8 nitrogen and oxygen atoms in total. The second-order valence-electron chi connectivity index (χ2n) is 13.4. The minimum absolute atomic E-state index is 0.0360. The molecule has 4 aromatic carbocycles. The molecule has 2 aliphatic heterocycles. The number of benzene rings is 4. The molecule has 0 bridgehead atoms. The normalized spacial score (nSPS) is 17.3. The van der Waals surface area contributed by atoms with E-state index in [9.17, 15) is 9.59 Å². The standard InChI is InChI=1S/C42H39ClN6O2/c43-40-39(46-42(47-40)36-14-8-24-49(36)38(51)26-29-11-5-2-6-12-29)33-21-17-31(18-22-33)30-15-19-32(20-16-30)34-27-44-41(45-34)35-13-7-23-48(35)37(50)25-28-9-3-1-4-10-28/h1-6,9-12,15-22,27,35-36H,7-8,13-14,23-26H2,(H,44,45)(H,46,47). The summed E-state index contributed by atoms with van der Waals surface area (Å²) in [6.07, 6.45) is 6.30. The maximum Gasteiger partial charge on any atom is 0.227 e. The number of hydrogen-bond donors (Lipinski definition) is 2. The fourth-order valence-electron chi connectivity index (χ4n) is 7.48. The van der Waals surface area contributed by atoms with Crippen LogP contribution in [0.1, 0.15) is 60.5 Å². The molecular formula is C42H39ClN6O2. The van der Waals surface area contributed by atoms with Gasteiger partial charge < -0.3 is 19.8 Å². The van der Waals surface area contributed by atoms with Crippen LogP contribution in [0.25, 0.3) is 33.6 Å². The van der Waals surface area contributed by atoms with E-state index in [1.807, 2.05) is 88.8 Å². The zero-order valence-electron chi connectivity index (χ0n) is 28.3. The van der Waals surface area contributed by atoms with Crippen LogP contribution in [0.15, 0.2) is 115 Å². The van der Waals surface area contributed by atoms with Gasteiger partial charge in [-0.3, -0.25) is 9.59 Å². The second-order valence-corrected chi connectivity index (χ2v) is 13.8. The number of H-pyrrole nitrogens is 2. The largest absolute Gasteiger partial charge is 0.340 e. The molecule has 256 valence electrons. The molecule has 0 saturated carbocycles. The summed E-state index contributed by atoms with van der Waals surface area (Å²) < 4.78 is 0. The number of amides is 2. The van der Waals surface area contributed by atoms with Crippen LogP contribution in [0.2, 0.25) is 5.15 Å². The lowest BCUT2D eigenvalue weighted by Gasteiger charge is -2.23. The highest BCUT2D eigenvalue weighted by Crippen LogP contribution is 2.36. The summed E-state index contributed by atoms with van der Waals surface area (Å²) in [7, 11) is 0. The van der Waals surface area contributed by atoms with Crippen LogP contribution in [0.5, 0.6) is 0 Å². The van der Waals surface area contributed by atoms with Crippen LogP contribution < -0.4 is 0 Å². The van der Waals surface area contributed by atoms with E-state index in [2.05, 4.69) is 46.4 Å². The smallest absolute Gasteiger partial charge is 0.227 e. The zero-order valence-corrected chi connectivity index (χ0v) is 29.0. The van der Waals surface area contributed by atoms with Gasteiger partial charge in [0.05, 0.1) is 36.8 Å². The third kappa shape index (κ3) is 6.97. The van der Waals surface area contributed by atoms with Gasteiger partial charge in [0.2, 0.25) is 11.8 Å². The third-order valence-electron chi connectivity index (χ3n) is 10.1. The van der Waals surface area contributed by atoms with E-state index in [-0.39, 0.29) is 23.9 Å². The highest BCUT2D eigenvalue weighted by molar-refractivity contribution is 6.31. The van der Waals surface area contributed by atoms with Crippen molar-refractivity contribution in [3.8, 4) is 33.6 Å². The van der Waals surface area contributed by atoms with Gasteiger partial charge in [-0.05, 0) is 53.5 Å². The Kier molecular flexibility index (Phi) is 9.24. The molecule has 2 fully saturated rings. The Hall–Kier alpha value is -5.47. The molecule has 0 aliphatic carbocycles. The molecular weight excluding hydrogens is 656 g/mol. The Balaban J connectivity index is 0.927. The minimum atomic E-state index is -0.115. The number of rotatable bonds is 9. The van der Waals surface area contributed by atoms with Crippen LogP contribution in [-0.2, 0) is 22.4 Å². The zero-order chi connectivity index (χ0) is 34.7. The van der Waals surface area contributed by atoms with Gasteiger partial charge in [0.15, 0.2) is 0 Å². The Labute approximate surface area is 302 Å². The molecule has 2 unspecified atom stereocenters. The monoisotopic (exact) mass is 694 g/mol. The predicted octanol–water partition coefficient (Wildman–Crippen LogP) is 8.60. The van der Waals surface area contributed by atoms with Gasteiger partial charge in [-0.25, -0.2) is 9.97 Å². The van der Waals surface area contributed by atoms with Gasteiger partial charge in [-0.1, -0.05) is 121 Å². The average molecular weight is 695 g/mol. The van der Waals surface area contributed by atoms with E-state index in [1.54, 1.807) is 0 Å². The molecule has 0 radical (unpaired) electrons. The lowest BCUT2D eigenvalue weighted by molar-refractivity contribution is -0.132. The van der Waals surface area contributed by atoms with Crippen LogP contribution in [0.4, 0.5) is 0 Å². The molecule has 2 N–H and O–H groups in total. The van der Waals surface area contributed by atoms with Gasteiger partial charge >= 0.3 is 0 Å². The molecule has 4 heterocycles. The van der Waals surface area contributed by atoms with Crippen molar-refractivity contribution < 1.29 is 9.59 Å². The number of carbonyl (C=O) groups excluding carboxylic acids is 2. The SMILES string of the molecule is O=C(Cc1ccccc1)N1CCCC1c1ncc(-c2ccc(-c3ccc(-c4nc(C5CCCN5C(=O)Cc5ccccc5)[nH]c4Cl)cc3)cc2)[nH]1. The van der Waals surface area contributed by atoms with Crippen molar-refractivity contribution in [3.05, 3.63) is 143 Å². The first kappa shape index (κ1) is 32.7. The van der Waals surface area contributed by atoms with Crippen molar-refractivity contribution >= 4 is 23.4 Å². The lowest BCUT2D eigenvalue weighted by Crippen LogP contribution is -2.32. The van der Waals surface area contributed by atoms with Crippen molar-refractivity contribution in [3.63, 3.8) is 0 Å². The number of halogens is 1.